The second-order valence-electron chi connectivity index (χ2n) is 4.08. The van der Waals surface area contributed by atoms with Crippen LogP contribution in [0.5, 0.6) is 0 Å². The van der Waals surface area contributed by atoms with Crippen LogP contribution in [0, 0.1) is 11.3 Å². The molecule has 7 heteroatoms. The van der Waals surface area contributed by atoms with Crippen molar-refractivity contribution in [2.24, 2.45) is 0 Å². The summed E-state index contributed by atoms with van der Waals surface area (Å²) in [5.41, 5.74) is 0.758. The molecule has 20 heavy (non-hydrogen) atoms. The monoisotopic (exact) mass is 295 g/mol. The van der Waals surface area contributed by atoms with E-state index in [1.54, 1.807) is 19.1 Å². The number of amides is 1. The van der Waals surface area contributed by atoms with Crippen molar-refractivity contribution in [1.29, 1.82) is 5.26 Å². The Morgan fingerprint density at radius 1 is 1.30 bits per heavy atom. The van der Waals surface area contributed by atoms with E-state index < -0.39 is 10.0 Å². The highest BCUT2D eigenvalue weighted by Gasteiger charge is 2.13. The van der Waals surface area contributed by atoms with E-state index >= 15 is 0 Å². The second-order valence-corrected chi connectivity index (χ2v) is 5.85. The number of hydrogen-bond donors (Lipinski definition) is 2. The van der Waals surface area contributed by atoms with E-state index in [0.29, 0.717) is 6.54 Å². The minimum Gasteiger partial charge on any atom is -0.356 e. The molecule has 0 saturated carbocycles. The molecule has 1 aromatic carbocycles. The molecule has 0 heterocycles. The fourth-order valence-corrected chi connectivity index (χ4v) is 2.58. The van der Waals surface area contributed by atoms with Crippen molar-refractivity contribution in [1.82, 2.24) is 10.0 Å². The van der Waals surface area contributed by atoms with Crippen molar-refractivity contribution in [3.05, 3.63) is 29.8 Å². The molecule has 1 aromatic rings. The van der Waals surface area contributed by atoms with Gasteiger partial charge in [-0.15, -0.1) is 0 Å². The lowest BCUT2D eigenvalue weighted by Gasteiger charge is -2.07. The van der Waals surface area contributed by atoms with Crippen molar-refractivity contribution in [2.45, 2.75) is 24.7 Å². The molecule has 0 aromatic heterocycles. The number of rotatable bonds is 7. The zero-order chi connectivity index (χ0) is 15.0. The Kier molecular flexibility index (Phi) is 6.15. The molecule has 0 aliphatic rings. The Hall–Kier alpha value is -1.91. The summed E-state index contributed by atoms with van der Waals surface area (Å²) in [6.45, 7) is 2.37. The number of carbonyl (C=O) groups excluding carboxylic acids is 1. The van der Waals surface area contributed by atoms with E-state index in [-0.39, 0.29) is 30.2 Å². The summed E-state index contributed by atoms with van der Waals surface area (Å²) in [5.74, 6) is -0.195. The Morgan fingerprint density at radius 2 is 1.95 bits per heavy atom. The summed E-state index contributed by atoms with van der Waals surface area (Å²) < 4.78 is 26.2. The van der Waals surface area contributed by atoms with Gasteiger partial charge in [-0.25, -0.2) is 13.1 Å². The number of nitriles is 1. The van der Waals surface area contributed by atoms with Crippen LogP contribution in [-0.2, 0) is 21.2 Å². The van der Waals surface area contributed by atoms with Crippen molar-refractivity contribution in [3.8, 4) is 6.07 Å². The van der Waals surface area contributed by atoms with Gasteiger partial charge in [-0.3, -0.25) is 4.79 Å². The van der Waals surface area contributed by atoms with Crippen LogP contribution < -0.4 is 10.0 Å². The molecule has 0 fully saturated rings. The van der Waals surface area contributed by atoms with Crippen LogP contribution in [0.1, 0.15) is 18.9 Å². The summed E-state index contributed by atoms with van der Waals surface area (Å²) in [4.78, 5) is 11.3. The highest BCUT2D eigenvalue weighted by Crippen LogP contribution is 2.10. The smallest absolute Gasteiger partial charge is 0.240 e. The van der Waals surface area contributed by atoms with E-state index in [4.69, 9.17) is 5.26 Å². The highest BCUT2D eigenvalue weighted by atomic mass is 32.2. The number of carbonyl (C=O) groups is 1. The van der Waals surface area contributed by atoms with Crippen LogP contribution in [-0.4, -0.2) is 27.4 Å². The van der Waals surface area contributed by atoms with E-state index in [9.17, 15) is 13.2 Å². The minimum atomic E-state index is -3.62. The van der Waals surface area contributed by atoms with Crippen LogP contribution in [0.2, 0.25) is 0 Å². The van der Waals surface area contributed by atoms with Crippen LogP contribution in [0.4, 0.5) is 0 Å². The van der Waals surface area contributed by atoms with Crippen LogP contribution in [0.25, 0.3) is 0 Å². The molecule has 0 radical (unpaired) electrons. The lowest BCUT2D eigenvalue weighted by molar-refractivity contribution is -0.120. The zero-order valence-electron chi connectivity index (χ0n) is 11.2. The fourth-order valence-electron chi connectivity index (χ4n) is 1.55. The standard InChI is InChI=1S/C13H17N3O3S/c1-2-15-13(17)8-10-16-20(18,19)12-5-3-11(4-6-12)7-9-14/h3-6,16H,2,7-8,10H2,1H3,(H,15,17). The van der Waals surface area contributed by atoms with Gasteiger partial charge in [0.25, 0.3) is 0 Å². The first-order valence-electron chi connectivity index (χ1n) is 6.22. The van der Waals surface area contributed by atoms with Crippen molar-refractivity contribution in [3.63, 3.8) is 0 Å². The highest BCUT2D eigenvalue weighted by molar-refractivity contribution is 7.89. The van der Waals surface area contributed by atoms with Crippen molar-refractivity contribution in [2.75, 3.05) is 13.1 Å². The molecule has 0 atom stereocenters. The van der Waals surface area contributed by atoms with E-state index in [1.165, 1.54) is 12.1 Å². The van der Waals surface area contributed by atoms with Crippen LogP contribution in [0.3, 0.4) is 0 Å². The molecule has 0 aliphatic heterocycles. The molecule has 0 spiro atoms. The lowest BCUT2D eigenvalue weighted by atomic mass is 10.2. The van der Waals surface area contributed by atoms with Gasteiger partial charge in [0.2, 0.25) is 15.9 Å². The number of nitrogens with one attached hydrogen (secondary N) is 2. The van der Waals surface area contributed by atoms with E-state index in [0.717, 1.165) is 5.56 Å². The summed E-state index contributed by atoms with van der Waals surface area (Å²) in [6.07, 6.45) is 0.338. The Bertz CT molecular complexity index is 588. The largest absolute Gasteiger partial charge is 0.356 e. The number of sulfonamides is 1. The van der Waals surface area contributed by atoms with Gasteiger partial charge in [0, 0.05) is 19.5 Å². The Labute approximate surface area is 118 Å². The molecule has 1 amide bonds. The third kappa shape index (κ3) is 4.99. The molecule has 6 nitrogen and oxygen atoms in total. The maximum atomic E-state index is 11.9. The molecular weight excluding hydrogens is 278 g/mol. The second kappa shape index (κ2) is 7.62. The van der Waals surface area contributed by atoms with Gasteiger partial charge in [0.15, 0.2) is 0 Å². The van der Waals surface area contributed by atoms with Crippen molar-refractivity contribution >= 4 is 15.9 Å². The van der Waals surface area contributed by atoms with Gasteiger partial charge < -0.3 is 5.32 Å². The van der Waals surface area contributed by atoms with E-state index in [2.05, 4.69) is 10.0 Å². The molecular formula is C13H17N3O3S. The molecule has 108 valence electrons. The van der Waals surface area contributed by atoms with Crippen molar-refractivity contribution < 1.29 is 13.2 Å². The predicted octanol–water partition coefficient (Wildman–Crippen LogP) is 0.557. The van der Waals surface area contributed by atoms with Gasteiger partial charge in [0.1, 0.15) is 0 Å². The lowest BCUT2D eigenvalue weighted by Crippen LogP contribution is -2.30. The summed E-state index contributed by atoms with van der Waals surface area (Å²) in [5, 5.41) is 11.1. The normalized spacial score (nSPS) is 10.8. The fraction of sp³-hybridized carbons (Fsp3) is 0.385. The third-order valence-corrected chi connectivity index (χ3v) is 4.01. The van der Waals surface area contributed by atoms with E-state index in [1.807, 2.05) is 6.07 Å². The summed E-state index contributed by atoms with van der Waals surface area (Å²) in [7, 11) is -3.62. The van der Waals surface area contributed by atoms with Gasteiger partial charge in [-0.1, -0.05) is 12.1 Å². The zero-order valence-corrected chi connectivity index (χ0v) is 12.0. The molecule has 2 N–H and O–H groups in total. The first-order chi connectivity index (χ1) is 9.49. The maximum absolute atomic E-state index is 11.9. The van der Waals surface area contributed by atoms with Gasteiger partial charge in [-0.2, -0.15) is 5.26 Å². The maximum Gasteiger partial charge on any atom is 0.240 e. The number of nitrogens with zero attached hydrogens (tertiary/aromatic N) is 1. The first-order valence-corrected chi connectivity index (χ1v) is 7.70. The van der Waals surface area contributed by atoms with Gasteiger partial charge in [-0.05, 0) is 24.6 Å². The average molecular weight is 295 g/mol. The number of benzene rings is 1. The van der Waals surface area contributed by atoms with Crippen LogP contribution in [0.15, 0.2) is 29.2 Å². The summed E-state index contributed by atoms with van der Waals surface area (Å²) >= 11 is 0. The minimum absolute atomic E-state index is 0.0497. The molecule has 1 rings (SSSR count). The average Bonchev–Trinajstić information content (AvgIpc) is 2.40. The topological polar surface area (TPSA) is 99.1 Å². The Morgan fingerprint density at radius 3 is 2.50 bits per heavy atom. The summed E-state index contributed by atoms with van der Waals surface area (Å²) in [6, 6.07) is 8.08. The predicted molar refractivity (Wildman–Crippen MR) is 74.2 cm³/mol. The molecule has 0 saturated heterocycles. The van der Waals surface area contributed by atoms with Gasteiger partial charge >= 0.3 is 0 Å². The molecule has 0 unspecified atom stereocenters. The van der Waals surface area contributed by atoms with Gasteiger partial charge in [0.05, 0.1) is 17.4 Å². The third-order valence-electron chi connectivity index (χ3n) is 2.53. The first kappa shape index (κ1) is 16.1. The molecule has 0 bridgehead atoms. The quantitative estimate of drug-likeness (QED) is 0.767. The number of hydrogen-bond acceptors (Lipinski definition) is 4. The SMILES string of the molecule is CCNC(=O)CCNS(=O)(=O)c1ccc(CC#N)cc1. The Balaban J connectivity index is 2.60. The van der Waals surface area contributed by atoms with Crippen LogP contribution >= 0.6 is 0 Å². The molecule has 0 aliphatic carbocycles.